The van der Waals surface area contributed by atoms with Gasteiger partial charge in [0.25, 0.3) is 0 Å². The van der Waals surface area contributed by atoms with E-state index in [-0.39, 0.29) is 17.3 Å². The first-order valence-electron chi connectivity index (χ1n) is 7.15. The fraction of sp³-hybridized carbons (Fsp3) is 0.250. The maximum absolute atomic E-state index is 11.8. The number of thioether (sulfide) groups is 1. The van der Waals surface area contributed by atoms with E-state index in [1.807, 2.05) is 36.4 Å². The molecule has 0 aliphatic rings. The van der Waals surface area contributed by atoms with Crippen molar-refractivity contribution in [2.45, 2.75) is 18.0 Å². The van der Waals surface area contributed by atoms with E-state index >= 15 is 0 Å². The Kier molecular flexibility index (Phi) is 6.39. The number of nitriles is 1. The molecule has 0 radical (unpaired) electrons. The molecule has 0 aliphatic carbocycles. The number of aromatic nitrogens is 2. The van der Waals surface area contributed by atoms with Crippen molar-refractivity contribution in [2.24, 2.45) is 0 Å². The van der Waals surface area contributed by atoms with Gasteiger partial charge in [-0.1, -0.05) is 42.1 Å². The van der Waals surface area contributed by atoms with Gasteiger partial charge in [0.05, 0.1) is 6.20 Å². The van der Waals surface area contributed by atoms with Crippen molar-refractivity contribution in [1.29, 1.82) is 5.26 Å². The van der Waals surface area contributed by atoms with Gasteiger partial charge < -0.3 is 11.1 Å². The smallest absolute Gasteiger partial charge is 0.220 e. The van der Waals surface area contributed by atoms with Crippen molar-refractivity contribution in [3.63, 3.8) is 0 Å². The molecule has 6 nitrogen and oxygen atoms in total. The maximum atomic E-state index is 11.8. The lowest BCUT2D eigenvalue weighted by molar-refractivity contribution is -0.120. The number of nitrogen functional groups attached to an aromatic ring is 1. The predicted molar refractivity (Wildman–Crippen MR) is 89.7 cm³/mol. The molecule has 1 heterocycles. The van der Waals surface area contributed by atoms with Crippen LogP contribution in [-0.4, -0.2) is 28.2 Å². The van der Waals surface area contributed by atoms with Crippen LogP contribution in [0.1, 0.15) is 17.5 Å². The van der Waals surface area contributed by atoms with Gasteiger partial charge in [-0.25, -0.2) is 9.97 Å². The molecule has 0 spiro atoms. The molecule has 1 aromatic heterocycles. The average Bonchev–Trinajstić information content (AvgIpc) is 2.56. The first-order chi connectivity index (χ1) is 11.2. The number of nitrogens with two attached hydrogens (primary N) is 1. The van der Waals surface area contributed by atoms with Crippen molar-refractivity contribution in [3.8, 4) is 6.07 Å². The topological polar surface area (TPSA) is 105 Å². The van der Waals surface area contributed by atoms with Gasteiger partial charge in [0, 0.05) is 18.7 Å². The van der Waals surface area contributed by atoms with E-state index in [0.717, 1.165) is 6.42 Å². The fourth-order valence-electron chi connectivity index (χ4n) is 1.85. The summed E-state index contributed by atoms with van der Waals surface area (Å²) >= 11 is 1.34. The van der Waals surface area contributed by atoms with Crippen LogP contribution in [0.25, 0.3) is 0 Å². The summed E-state index contributed by atoms with van der Waals surface area (Å²) in [4.78, 5) is 19.8. The van der Waals surface area contributed by atoms with Gasteiger partial charge in [-0.15, -0.1) is 0 Å². The van der Waals surface area contributed by atoms with E-state index in [2.05, 4.69) is 15.3 Å². The van der Waals surface area contributed by atoms with Crippen molar-refractivity contribution < 1.29 is 4.79 Å². The Morgan fingerprint density at radius 3 is 2.83 bits per heavy atom. The van der Waals surface area contributed by atoms with Crippen molar-refractivity contribution in [1.82, 2.24) is 15.3 Å². The van der Waals surface area contributed by atoms with Crippen molar-refractivity contribution >= 4 is 23.5 Å². The minimum Gasteiger partial charge on any atom is -0.382 e. The van der Waals surface area contributed by atoms with Gasteiger partial charge >= 0.3 is 0 Å². The zero-order chi connectivity index (χ0) is 16.5. The number of nitrogens with zero attached hydrogens (tertiary/aromatic N) is 3. The second-order valence-electron chi connectivity index (χ2n) is 4.75. The second-order valence-corrected chi connectivity index (χ2v) is 5.81. The van der Waals surface area contributed by atoms with Crippen LogP contribution in [0.3, 0.4) is 0 Å². The molecular weight excluding hydrogens is 310 g/mol. The summed E-state index contributed by atoms with van der Waals surface area (Å²) < 4.78 is 0. The highest BCUT2D eigenvalue weighted by atomic mass is 32.2. The molecule has 1 amide bonds. The van der Waals surface area contributed by atoms with Gasteiger partial charge in [-0.3, -0.25) is 4.79 Å². The van der Waals surface area contributed by atoms with Gasteiger partial charge in [0.2, 0.25) is 5.91 Å². The summed E-state index contributed by atoms with van der Waals surface area (Å²) in [6.45, 7) is 0.619. The van der Waals surface area contributed by atoms with Crippen LogP contribution in [0, 0.1) is 11.3 Å². The van der Waals surface area contributed by atoms with Crippen LogP contribution >= 0.6 is 11.8 Å². The minimum absolute atomic E-state index is 0.00459. The van der Waals surface area contributed by atoms with Crippen molar-refractivity contribution in [3.05, 3.63) is 47.7 Å². The second kappa shape index (κ2) is 8.76. The number of anilines is 1. The molecule has 0 fully saturated rings. The third-order valence-electron chi connectivity index (χ3n) is 3.06. The Hall–Kier alpha value is -2.59. The quantitative estimate of drug-likeness (QED) is 0.593. The van der Waals surface area contributed by atoms with E-state index in [1.54, 1.807) is 0 Å². The Morgan fingerprint density at radius 2 is 2.13 bits per heavy atom. The van der Waals surface area contributed by atoms with Crippen LogP contribution in [0.15, 0.2) is 41.7 Å². The van der Waals surface area contributed by atoms with E-state index < -0.39 is 0 Å². The highest BCUT2D eigenvalue weighted by Crippen LogP contribution is 2.16. The maximum Gasteiger partial charge on any atom is 0.220 e. The molecule has 3 N–H and O–H groups in total. The third kappa shape index (κ3) is 5.60. The van der Waals surface area contributed by atoms with E-state index in [9.17, 15) is 4.79 Å². The minimum atomic E-state index is -0.00459. The van der Waals surface area contributed by atoms with Crippen LogP contribution in [0.5, 0.6) is 0 Å². The molecule has 2 rings (SSSR count). The summed E-state index contributed by atoms with van der Waals surface area (Å²) in [6.07, 6.45) is 2.59. The zero-order valence-corrected chi connectivity index (χ0v) is 13.3. The summed E-state index contributed by atoms with van der Waals surface area (Å²) in [5.74, 6) is 0.718. The molecular formula is C16H17N5OS. The summed E-state index contributed by atoms with van der Waals surface area (Å²) in [5, 5.41) is 12.1. The lowest BCUT2D eigenvalue weighted by atomic mass is 10.1. The molecule has 0 bridgehead atoms. The van der Waals surface area contributed by atoms with Crippen LogP contribution < -0.4 is 11.1 Å². The molecule has 118 valence electrons. The highest BCUT2D eigenvalue weighted by molar-refractivity contribution is 7.99. The van der Waals surface area contributed by atoms with Gasteiger partial charge in [-0.05, 0) is 12.0 Å². The Morgan fingerprint density at radius 1 is 1.35 bits per heavy atom. The number of nitrogens with one attached hydrogen (secondary N) is 1. The molecule has 7 heteroatoms. The number of carbonyl (C=O) groups excluding carboxylic acids is 1. The molecule has 2 aromatic rings. The lowest BCUT2D eigenvalue weighted by Gasteiger charge is -2.05. The van der Waals surface area contributed by atoms with Gasteiger partial charge in [0.15, 0.2) is 5.16 Å². The molecule has 0 atom stereocenters. The highest BCUT2D eigenvalue weighted by Gasteiger charge is 2.06. The number of amides is 1. The van der Waals surface area contributed by atoms with Gasteiger partial charge in [0.1, 0.15) is 17.5 Å². The van der Waals surface area contributed by atoms with Crippen molar-refractivity contribution in [2.75, 3.05) is 18.0 Å². The normalized spacial score (nSPS) is 10.0. The Bertz CT molecular complexity index is 699. The van der Waals surface area contributed by atoms with Gasteiger partial charge in [-0.2, -0.15) is 5.26 Å². The molecule has 0 saturated heterocycles. The monoisotopic (exact) mass is 327 g/mol. The van der Waals surface area contributed by atoms with Crippen LogP contribution in [-0.2, 0) is 11.2 Å². The first kappa shape index (κ1) is 16.8. The SMILES string of the molecule is N#Cc1cnc(SCCC(=O)NCCc2ccccc2)nc1N. The van der Waals surface area contributed by atoms with Crippen LogP contribution in [0.2, 0.25) is 0 Å². The average molecular weight is 327 g/mol. The Labute approximate surface area is 139 Å². The van der Waals surface area contributed by atoms with E-state index in [4.69, 9.17) is 11.0 Å². The van der Waals surface area contributed by atoms with Crippen LogP contribution in [0.4, 0.5) is 5.82 Å². The molecule has 1 aromatic carbocycles. The number of carbonyl (C=O) groups is 1. The summed E-state index contributed by atoms with van der Waals surface area (Å²) in [7, 11) is 0. The molecule has 23 heavy (non-hydrogen) atoms. The zero-order valence-electron chi connectivity index (χ0n) is 12.5. The summed E-state index contributed by atoms with van der Waals surface area (Å²) in [5.41, 5.74) is 7.07. The summed E-state index contributed by atoms with van der Waals surface area (Å²) in [6, 6.07) is 11.9. The largest absolute Gasteiger partial charge is 0.382 e. The predicted octanol–water partition coefficient (Wildman–Crippen LogP) is 1.77. The third-order valence-corrected chi connectivity index (χ3v) is 3.92. The lowest BCUT2D eigenvalue weighted by Crippen LogP contribution is -2.25. The fourth-order valence-corrected chi connectivity index (χ4v) is 2.61. The van der Waals surface area contributed by atoms with E-state index in [0.29, 0.717) is 23.9 Å². The first-order valence-corrected chi connectivity index (χ1v) is 8.13. The Balaban J connectivity index is 1.67. The standard InChI is InChI=1S/C16H17N5OS/c17-10-13-11-20-16(21-15(13)18)23-9-7-14(22)19-8-6-12-4-2-1-3-5-12/h1-5,11H,6-9H2,(H,19,22)(H2,18,20,21). The number of hydrogen-bond donors (Lipinski definition) is 2. The van der Waals surface area contributed by atoms with E-state index in [1.165, 1.54) is 23.5 Å². The number of benzene rings is 1. The molecule has 0 unspecified atom stereocenters. The number of hydrogen-bond acceptors (Lipinski definition) is 6. The molecule has 0 saturated carbocycles. The molecule has 0 aliphatic heterocycles. The number of rotatable bonds is 7.